The Hall–Kier alpha value is -4.70. The number of ether oxygens (including phenoxy) is 1. The van der Waals surface area contributed by atoms with Gasteiger partial charge in [0.15, 0.2) is 5.96 Å². The molecule has 0 fully saturated rings. The molecule has 10 heteroatoms. The van der Waals surface area contributed by atoms with Crippen molar-refractivity contribution < 1.29 is 19.1 Å². The smallest absolute Gasteiger partial charge is 0.319 e. The van der Waals surface area contributed by atoms with E-state index in [1.54, 1.807) is 0 Å². The fraction of sp³-hybridized carbons (Fsp3) is 0.290. The van der Waals surface area contributed by atoms with Crippen LogP contribution in [0.3, 0.4) is 0 Å². The second kappa shape index (κ2) is 16.4. The number of hydrogen-bond donors (Lipinski definition) is 5. The fourth-order valence-electron chi connectivity index (χ4n) is 4.28. The molecule has 0 radical (unpaired) electrons. The minimum atomic E-state index is -0.784. The monoisotopic (exact) mass is 558 g/mol. The second-order valence-electron chi connectivity index (χ2n) is 9.48. The molecule has 2 amide bonds. The average molecular weight is 559 g/mol. The molecule has 3 aromatic rings. The first-order valence-corrected chi connectivity index (χ1v) is 13.5. The normalized spacial score (nSPS) is 11.4. The van der Waals surface area contributed by atoms with E-state index in [1.807, 2.05) is 84.9 Å². The first-order valence-electron chi connectivity index (χ1n) is 13.5. The van der Waals surface area contributed by atoms with Gasteiger partial charge in [-0.2, -0.15) is 0 Å². The van der Waals surface area contributed by atoms with E-state index in [0.717, 1.165) is 22.3 Å². The summed E-state index contributed by atoms with van der Waals surface area (Å²) in [5.74, 6) is -1.50. The Morgan fingerprint density at radius 2 is 1.37 bits per heavy atom. The number of carbonyl (C=O) groups is 3. The molecule has 0 unspecified atom stereocenters. The van der Waals surface area contributed by atoms with E-state index < -0.39 is 12.0 Å². The molecule has 0 spiro atoms. The Bertz CT molecular complexity index is 1240. The van der Waals surface area contributed by atoms with Crippen LogP contribution < -0.4 is 27.4 Å². The summed E-state index contributed by atoms with van der Waals surface area (Å²) in [5, 5.41) is 8.93. The number of guanidine groups is 1. The van der Waals surface area contributed by atoms with Crippen molar-refractivity contribution in [1.29, 1.82) is 0 Å². The Kier molecular flexibility index (Phi) is 12.3. The van der Waals surface area contributed by atoms with Crippen LogP contribution in [0.15, 0.2) is 89.9 Å². The van der Waals surface area contributed by atoms with E-state index in [9.17, 15) is 14.4 Å². The van der Waals surface area contributed by atoms with Gasteiger partial charge in [-0.25, -0.2) is 0 Å². The van der Waals surface area contributed by atoms with Crippen LogP contribution in [0.25, 0.3) is 0 Å². The van der Waals surface area contributed by atoms with Crippen molar-refractivity contribution in [2.45, 2.75) is 37.9 Å². The number of methoxy groups -OCH3 is 1. The lowest BCUT2D eigenvalue weighted by Crippen LogP contribution is -2.48. The molecule has 0 saturated heterocycles. The van der Waals surface area contributed by atoms with Gasteiger partial charge in [0, 0.05) is 19.6 Å². The fourth-order valence-corrected chi connectivity index (χ4v) is 4.28. The quantitative estimate of drug-likeness (QED) is 0.0824. The molecule has 0 bridgehead atoms. The van der Waals surface area contributed by atoms with E-state index in [1.165, 1.54) is 7.11 Å². The van der Waals surface area contributed by atoms with Gasteiger partial charge in [0.25, 0.3) is 0 Å². The predicted octanol–water partition coefficient (Wildman–Crippen LogP) is 1.94. The van der Waals surface area contributed by atoms with Gasteiger partial charge < -0.3 is 32.2 Å². The Balaban J connectivity index is 1.67. The number of benzene rings is 3. The molecule has 0 aromatic heterocycles. The van der Waals surface area contributed by atoms with Crippen molar-refractivity contribution >= 4 is 23.7 Å². The van der Waals surface area contributed by atoms with Gasteiger partial charge in [0.05, 0.1) is 19.6 Å². The number of aliphatic imine (C=N–C) groups is 1. The zero-order valence-electron chi connectivity index (χ0n) is 23.2. The summed E-state index contributed by atoms with van der Waals surface area (Å²) in [6.45, 7) is 1.26. The summed E-state index contributed by atoms with van der Waals surface area (Å²) in [4.78, 5) is 42.2. The SMILES string of the molecule is COC(=O)CNCc1ccc(CNC(=O)[C@@H](CCCN=C(N)N)NC(=O)C(c2ccccc2)c2ccccc2)cc1. The highest BCUT2D eigenvalue weighted by Gasteiger charge is 2.27. The number of rotatable bonds is 15. The summed E-state index contributed by atoms with van der Waals surface area (Å²) in [6, 6.07) is 25.8. The highest BCUT2D eigenvalue weighted by Crippen LogP contribution is 2.25. The van der Waals surface area contributed by atoms with Crippen LogP contribution in [0.2, 0.25) is 0 Å². The molecule has 0 aliphatic rings. The molecule has 0 heterocycles. The third-order valence-electron chi connectivity index (χ3n) is 6.42. The highest BCUT2D eigenvalue weighted by atomic mass is 16.5. The molecule has 0 aliphatic carbocycles. The molecule has 7 N–H and O–H groups in total. The van der Waals surface area contributed by atoms with Crippen LogP contribution in [-0.2, 0) is 32.2 Å². The zero-order valence-corrected chi connectivity index (χ0v) is 23.2. The van der Waals surface area contributed by atoms with Crippen LogP contribution in [0, 0.1) is 0 Å². The third-order valence-corrected chi connectivity index (χ3v) is 6.42. The first kappa shape index (κ1) is 30.8. The summed E-state index contributed by atoms with van der Waals surface area (Å²) >= 11 is 0. The maximum absolute atomic E-state index is 13.7. The largest absolute Gasteiger partial charge is 0.468 e. The molecule has 216 valence electrons. The highest BCUT2D eigenvalue weighted by molar-refractivity contribution is 5.92. The van der Waals surface area contributed by atoms with Crippen molar-refractivity contribution in [1.82, 2.24) is 16.0 Å². The van der Waals surface area contributed by atoms with Crippen LogP contribution in [0.5, 0.6) is 0 Å². The van der Waals surface area contributed by atoms with Gasteiger partial charge in [-0.3, -0.25) is 19.4 Å². The van der Waals surface area contributed by atoms with Crippen molar-refractivity contribution in [2.75, 3.05) is 20.2 Å². The van der Waals surface area contributed by atoms with Crippen LogP contribution in [-0.4, -0.2) is 50.0 Å². The Morgan fingerprint density at radius 3 is 1.90 bits per heavy atom. The van der Waals surface area contributed by atoms with Crippen molar-refractivity contribution in [3.63, 3.8) is 0 Å². The van der Waals surface area contributed by atoms with Gasteiger partial charge >= 0.3 is 5.97 Å². The predicted molar refractivity (Wildman–Crippen MR) is 159 cm³/mol. The lowest BCUT2D eigenvalue weighted by molar-refractivity contribution is -0.139. The molecular weight excluding hydrogens is 520 g/mol. The molecule has 10 nitrogen and oxygen atoms in total. The second-order valence-corrected chi connectivity index (χ2v) is 9.48. The maximum Gasteiger partial charge on any atom is 0.319 e. The molecule has 0 aliphatic heterocycles. The van der Waals surface area contributed by atoms with Gasteiger partial charge in [-0.1, -0.05) is 84.9 Å². The third kappa shape index (κ3) is 10.4. The van der Waals surface area contributed by atoms with E-state index >= 15 is 0 Å². The topological polar surface area (TPSA) is 161 Å². The zero-order chi connectivity index (χ0) is 29.5. The minimum absolute atomic E-state index is 0.0211. The number of amides is 2. The lowest BCUT2D eigenvalue weighted by atomic mass is 9.90. The summed E-state index contributed by atoms with van der Waals surface area (Å²) in [5.41, 5.74) is 14.4. The average Bonchev–Trinajstić information content (AvgIpc) is 2.99. The number of nitrogens with zero attached hydrogens (tertiary/aromatic N) is 1. The van der Waals surface area contributed by atoms with E-state index in [4.69, 9.17) is 11.5 Å². The summed E-state index contributed by atoms with van der Waals surface area (Å²) < 4.78 is 4.62. The number of esters is 1. The van der Waals surface area contributed by atoms with Crippen molar-refractivity contribution in [3.8, 4) is 0 Å². The van der Waals surface area contributed by atoms with Crippen molar-refractivity contribution in [2.24, 2.45) is 16.5 Å². The van der Waals surface area contributed by atoms with Crippen LogP contribution >= 0.6 is 0 Å². The summed E-state index contributed by atoms with van der Waals surface area (Å²) in [7, 11) is 1.35. The van der Waals surface area contributed by atoms with Crippen LogP contribution in [0.4, 0.5) is 0 Å². The molecule has 1 atom stereocenters. The van der Waals surface area contributed by atoms with Gasteiger partial charge in [0.1, 0.15) is 6.04 Å². The summed E-state index contributed by atoms with van der Waals surface area (Å²) in [6.07, 6.45) is 0.861. The molecule has 3 rings (SSSR count). The standard InChI is InChI=1S/C31H38N6O4/c1-41-27(38)21-34-19-22-14-16-23(17-15-22)20-36-29(39)26(13-8-18-35-31(32)33)37-30(40)28(24-9-4-2-5-10-24)25-11-6-3-7-12-25/h2-7,9-12,14-17,26,28,34H,8,13,18-21H2,1H3,(H,36,39)(H,37,40)(H4,32,33,35)/t26-/m1/s1. The lowest BCUT2D eigenvalue weighted by Gasteiger charge is -2.23. The van der Waals surface area contributed by atoms with E-state index in [2.05, 4.69) is 25.7 Å². The Labute approximate surface area is 240 Å². The van der Waals surface area contributed by atoms with E-state index in [0.29, 0.717) is 25.9 Å². The van der Waals surface area contributed by atoms with Gasteiger partial charge in [-0.05, 0) is 35.1 Å². The molecule has 41 heavy (non-hydrogen) atoms. The number of nitrogens with one attached hydrogen (secondary N) is 3. The number of carbonyl (C=O) groups excluding carboxylic acids is 3. The minimum Gasteiger partial charge on any atom is -0.468 e. The number of nitrogens with two attached hydrogens (primary N) is 2. The maximum atomic E-state index is 13.7. The van der Waals surface area contributed by atoms with Crippen LogP contribution in [0.1, 0.15) is 41.0 Å². The molecular formula is C31H38N6O4. The van der Waals surface area contributed by atoms with E-state index in [-0.39, 0.29) is 36.8 Å². The first-order chi connectivity index (χ1) is 19.9. The van der Waals surface area contributed by atoms with Gasteiger partial charge in [0.2, 0.25) is 11.8 Å². The molecule has 0 saturated carbocycles. The number of hydrogen-bond acceptors (Lipinski definition) is 6. The van der Waals surface area contributed by atoms with Crippen molar-refractivity contribution in [3.05, 3.63) is 107 Å². The molecule has 3 aromatic carbocycles. The Morgan fingerprint density at radius 1 is 0.805 bits per heavy atom. The van der Waals surface area contributed by atoms with Gasteiger partial charge in [-0.15, -0.1) is 0 Å².